The van der Waals surface area contributed by atoms with E-state index in [0.29, 0.717) is 17.9 Å². The number of fused-ring (bicyclic) bond motifs is 3. The summed E-state index contributed by atoms with van der Waals surface area (Å²) in [5.41, 5.74) is 3.86. The third-order valence-corrected chi connectivity index (χ3v) is 5.10. The van der Waals surface area contributed by atoms with E-state index in [-0.39, 0.29) is 5.91 Å². The number of carbonyl (C=O) groups excluding carboxylic acids is 1. The van der Waals surface area contributed by atoms with Crippen LogP contribution in [0, 0.1) is 0 Å². The molecule has 0 aliphatic carbocycles. The van der Waals surface area contributed by atoms with Crippen molar-refractivity contribution in [3.8, 4) is 0 Å². The third kappa shape index (κ3) is 3.55. The zero-order valence-electron chi connectivity index (χ0n) is 14.1. The highest BCUT2D eigenvalue weighted by molar-refractivity contribution is 8.00. The summed E-state index contributed by atoms with van der Waals surface area (Å²) in [5.74, 6) is 0.347. The summed E-state index contributed by atoms with van der Waals surface area (Å²) in [5, 5.41) is 3.79. The maximum atomic E-state index is 12.2. The fourth-order valence-corrected chi connectivity index (χ4v) is 3.70. The highest BCUT2D eigenvalue weighted by Gasteiger charge is 2.11. The molecule has 5 nitrogen and oxygen atoms in total. The molecule has 1 amide bonds. The molecule has 4 aromatic rings. The first-order chi connectivity index (χ1) is 12.8. The van der Waals surface area contributed by atoms with Crippen LogP contribution in [0.2, 0.25) is 0 Å². The van der Waals surface area contributed by atoms with Gasteiger partial charge in [0.1, 0.15) is 5.03 Å². The lowest BCUT2D eigenvalue weighted by molar-refractivity contribution is -0.118. The molecule has 0 saturated carbocycles. The van der Waals surface area contributed by atoms with Crippen LogP contribution in [0.4, 0.5) is 0 Å². The Labute approximate surface area is 155 Å². The van der Waals surface area contributed by atoms with Crippen molar-refractivity contribution in [1.29, 1.82) is 0 Å². The normalized spacial score (nSPS) is 11.1. The molecular weight excluding hydrogens is 344 g/mol. The van der Waals surface area contributed by atoms with E-state index in [4.69, 9.17) is 0 Å². The molecule has 0 saturated heterocycles. The molecule has 6 heteroatoms. The summed E-state index contributed by atoms with van der Waals surface area (Å²) in [6, 6.07) is 18.0. The standard InChI is InChI=1S/C20H18N4OS/c25-18(21-12-10-15-6-2-1-3-7-15)14-26-20-17-9-5-13-24(17)16-8-4-11-22-19(16)23-20/h1-9,11,13H,10,12,14H2,(H,21,25). The number of hydrogen-bond donors (Lipinski definition) is 1. The molecule has 130 valence electrons. The maximum Gasteiger partial charge on any atom is 0.230 e. The molecule has 0 unspecified atom stereocenters. The maximum absolute atomic E-state index is 12.2. The van der Waals surface area contributed by atoms with Gasteiger partial charge in [0.25, 0.3) is 0 Å². The van der Waals surface area contributed by atoms with Gasteiger partial charge in [-0.15, -0.1) is 0 Å². The molecule has 26 heavy (non-hydrogen) atoms. The number of aromatic nitrogens is 3. The first kappa shape index (κ1) is 16.6. The lowest BCUT2D eigenvalue weighted by atomic mass is 10.1. The molecule has 0 fully saturated rings. The van der Waals surface area contributed by atoms with E-state index >= 15 is 0 Å². The van der Waals surface area contributed by atoms with Gasteiger partial charge >= 0.3 is 0 Å². The third-order valence-electron chi connectivity index (χ3n) is 4.12. The van der Waals surface area contributed by atoms with Gasteiger partial charge in [0, 0.05) is 18.9 Å². The van der Waals surface area contributed by atoms with Gasteiger partial charge < -0.3 is 9.72 Å². The minimum absolute atomic E-state index is 0.0126. The first-order valence-corrected chi connectivity index (χ1v) is 9.45. The molecule has 3 aromatic heterocycles. The van der Waals surface area contributed by atoms with Gasteiger partial charge in [-0.3, -0.25) is 4.79 Å². The second kappa shape index (κ2) is 7.58. The van der Waals surface area contributed by atoms with E-state index in [1.807, 2.05) is 48.7 Å². The SMILES string of the molecule is O=C(CSc1nc2ncccc2n2cccc12)NCCc1ccccc1. The topological polar surface area (TPSA) is 59.3 Å². The van der Waals surface area contributed by atoms with Crippen LogP contribution in [0.3, 0.4) is 0 Å². The Balaban J connectivity index is 1.41. The lowest BCUT2D eigenvalue weighted by Gasteiger charge is -2.08. The predicted molar refractivity (Wildman–Crippen MR) is 104 cm³/mol. The smallest absolute Gasteiger partial charge is 0.230 e. The Morgan fingerprint density at radius 2 is 1.88 bits per heavy atom. The van der Waals surface area contributed by atoms with Crippen molar-refractivity contribution in [2.24, 2.45) is 0 Å². The van der Waals surface area contributed by atoms with Gasteiger partial charge in [-0.05, 0) is 36.2 Å². The van der Waals surface area contributed by atoms with E-state index in [1.165, 1.54) is 17.3 Å². The van der Waals surface area contributed by atoms with Crippen LogP contribution in [0.25, 0.3) is 16.7 Å². The highest BCUT2D eigenvalue weighted by Crippen LogP contribution is 2.25. The summed E-state index contributed by atoms with van der Waals surface area (Å²) in [6.07, 6.45) is 4.55. The number of nitrogens with zero attached hydrogens (tertiary/aromatic N) is 3. The van der Waals surface area contributed by atoms with E-state index < -0.39 is 0 Å². The molecule has 0 aliphatic heterocycles. The summed E-state index contributed by atoms with van der Waals surface area (Å²) in [7, 11) is 0. The Morgan fingerprint density at radius 3 is 2.77 bits per heavy atom. The molecule has 1 aromatic carbocycles. The number of thioether (sulfide) groups is 1. The quantitative estimate of drug-likeness (QED) is 0.535. The van der Waals surface area contributed by atoms with Crippen molar-refractivity contribution >= 4 is 34.3 Å². The van der Waals surface area contributed by atoms with Crippen LogP contribution in [0.15, 0.2) is 72.0 Å². The van der Waals surface area contributed by atoms with Crippen LogP contribution in [0.1, 0.15) is 5.56 Å². The monoisotopic (exact) mass is 362 g/mol. The minimum atomic E-state index is 0.0126. The Hall–Kier alpha value is -2.86. The number of hydrogen-bond acceptors (Lipinski definition) is 4. The van der Waals surface area contributed by atoms with Crippen molar-refractivity contribution in [3.63, 3.8) is 0 Å². The van der Waals surface area contributed by atoms with Gasteiger partial charge in [0.2, 0.25) is 5.91 Å². The number of nitrogens with one attached hydrogen (secondary N) is 1. The van der Waals surface area contributed by atoms with Crippen LogP contribution in [0.5, 0.6) is 0 Å². The van der Waals surface area contributed by atoms with Crippen molar-refractivity contribution in [1.82, 2.24) is 19.7 Å². The van der Waals surface area contributed by atoms with Crippen LogP contribution >= 0.6 is 11.8 Å². The predicted octanol–water partition coefficient (Wildman–Crippen LogP) is 3.33. The fourth-order valence-electron chi connectivity index (χ4n) is 2.86. The number of amides is 1. The molecule has 0 bridgehead atoms. The molecule has 4 rings (SSSR count). The summed E-state index contributed by atoms with van der Waals surface area (Å²) < 4.78 is 2.06. The molecule has 0 aliphatic rings. The molecule has 1 N–H and O–H groups in total. The van der Waals surface area contributed by atoms with Crippen molar-refractivity contribution in [3.05, 3.63) is 72.6 Å². The van der Waals surface area contributed by atoms with Crippen molar-refractivity contribution in [2.45, 2.75) is 11.4 Å². The van der Waals surface area contributed by atoms with E-state index in [1.54, 1.807) is 6.20 Å². The van der Waals surface area contributed by atoms with Crippen LogP contribution in [-0.4, -0.2) is 32.6 Å². The number of benzene rings is 1. The zero-order valence-corrected chi connectivity index (χ0v) is 14.9. The first-order valence-electron chi connectivity index (χ1n) is 8.46. The molecule has 0 radical (unpaired) electrons. The molecular formula is C20H18N4OS. The largest absolute Gasteiger partial charge is 0.355 e. The van der Waals surface area contributed by atoms with Gasteiger partial charge in [-0.1, -0.05) is 42.1 Å². The van der Waals surface area contributed by atoms with Gasteiger partial charge in [0.15, 0.2) is 5.65 Å². The molecule has 0 spiro atoms. The van der Waals surface area contributed by atoms with Gasteiger partial charge in [0.05, 0.1) is 16.8 Å². The Morgan fingerprint density at radius 1 is 1.04 bits per heavy atom. The van der Waals surface area contributed by atoms with E-state index in [0.717, 1.165) is 22.5 Å². The zero-order chi connectivity index (χ0) is 17.8. The average Bonchev–Trinajstić information content (AvgIpc) is 3.17. The van der Waals surface area contributed by atoms with E-state index in [9.17, 15) is 4.79 Å². The Bertz CT molecular complexity index is 1050. The highest BCUT2D eigenvalue weighted by atomic mass is 32.2. The van der Waals surface area contributed by atoms with Crippen molar-refractivity contribution < 1.29 is 4.79 Å². The second-order valence-electron chi connectivity index (χ2n) is 5.90. The minimum Gasteiger partial charge on any atom is -0.355 e. The fraction of sp³-hybridized carbons (Fsp3) is 0.150. The Kier molecular flexibility index (Phi) is 4.84. The van der Waals surface area contributed by atoms with Crippen LogP contribution < -0.4 is 5.32 Å². The second-order valence-corrected chi connectivity index (χ2v) is 6.86. The van der Waals surface area contributed by atoms with E-state index in [2.05, 4.69) is 31.8 Å². The number of pyridine rings is 1. The van der Waals surface area contributed by atoms with Gasteiger partial charge in [-0.2, -0.15) is 0 Å². The van der Waals surface area contributed by atoms with Crippen molar-refractivity contribution in [2.75, 3.05) is 12.3 Å². The lowest BCUT2D eigenvalue weighted by Crippen LogP contribution is -2.27. The summed E-state index contributed by atoms with van der Waals surface area (Å²) in [6.45, 7) is 0.636. The molecule has 3 heterocycles. The number of rotatable bonds is 6. The van der Waals surface area contributed by atoms with Gasteiger partial charge in [-0.25, -0.2) is 9.97 Å². The summed E-state index contributed by atoms with van der Waals surface area (Å²) in [4.78, 5) is 21.1. The number of carbonyl (C=O) groups is 1. The average molecular weight is 362 g/mol. The summed E-state index contributed by atoms with van der Waals surface area (Å²) >= 11 is 1.44. The van der Waals surface area contributed by atoms with Crippen LogP contribution in [-0.2, 0) is 11.2 Å². The molecule has 0 atom stereocenters.